The molecule has 0 aliphatic heterocycles. The first-order valence-corrected chi connectivity index (χ1v) is 9.71. The topological polar surface area (TPSA) is 36.3 Å². The van der Waals surface area contributed by atoms with Crippen LogP contribution in [0.25, 0.3) is 28.3 Å². The van der Waals surface area contributed by atoms with Gasteiger partial charge in [0.2, 0.25) is 0 Å². The van der Waals surface area contributed by atoms with E-state index in [0.29, 0.717) is 0 Å². The van der Waals surface area contributed by atoms with Crippen LogP contribution in [0.1, 0.15) is 12.6 Å². The maximum atomic E-state index is 5.34. The van der Waals surface area contributed by atoms with E-state index in [-0.39, 0.29) is 0 Å². The Labute approximate surface area is 171 Å². The SMILES string of the molecule is CCc1c(-c2ccccc2)nc(-c2ccc(OC)cc2)n1-c1ccc(OC)cc1. The zero-order valence-corrected chi connectivity index (χ0v) is 16.9. The van der Waals surface area contributed by atoms with E-state index in [0.717, 1.165) is 46.3 Å². The zero-order valence-electron chi connectivity index (χ0n) is 16.9. The number of rotatable bonds is 6. The lowest BCUT2D eigenvalue weighted by Crippen LogP contribution is -2.02. The van der Waals surface area contributed by atoms with Crippen molar-refractivity contribution < 1.29 is 9.47 Å². The predicted octanol–water partition coefficient (Wildman–Crippen LogP) is 5.79. The van der Waals surface area contributed by atoms with Crippen LogP contribution in [-0.4, -0.2) is 23.8 Å². The van der Waals surface area contributed by atoms with E-state index in [2.05, 4.69) is 47.9 Å². The summed E-state index contributed by atoms with van der Waals surface area (Å²) in [5.74, 6) is 2.57. The third kappa shape index (κ3) is 3.61. The molecule has 0 spiro atoms. The molecule has 0 aliphatic carbocycles. The second kappa shape index (κ2) is 8.23. The lowest BCUT2D eigenvalue weighted by atomic mass is 10.1. The molecule has 29 heavy (non-hydrogen) atoms. The highest BCUT2D eigenvalue weighted by atomic mass is 16.5. The van der Waals surface area contributed by atoms with Gasteiger partial charge in [-0.25, -0.2) is 4.98 Å². The van der Waals surface area contributed by atoms with Crippen LogP contribution in [0.2, 0.25) is 0 Å². The number of benzene rings is 3. The molecule has 0 radical (unpaired) electrons. The van der Waals surface area contributed by atoms with Crippen molar-refractivity contribution in [2.45, 2.75) is 13.3 Å². The highest BCUT2D eigenvalue weighted by Crippen LogP contribution is 2.33. The number of hydrogen-bond donors (Lipinski definition) is 0. The highest BCUT2D eigenvalue weighted by molar-refractivity contribution is 5.71. The minimum Gasteiger partial charge on any atom is -0.497 e. The van der Waals surface area contributed by atoms with Crippen LogP contribution >= 0.6 is 0 Å². The van der Waals surface area contributed by atoms with Crippen molar-refractivity contribution >= 4 is 0 Å². The van der Waals surface area contributed by atoms with E-state index in [1.54, 1.807) is 14.2 Å². The second-order valence-electron chi connectivity index (χ2n) is 6.71. The Balaban J connectivity index is 1.95. The molecule has 0 unspecified atom stereocenters. The summed E-state index contributed by atoms with van der Waals surface area (Å²) in [4.78, 5) is 5.09. The number of methoxy groups -OCH3 is 2. The Morgan fingerprint density at radius 1 is 0.724 bits per heavy atom. The Morgan fingerprint density at radius 2 is 1.31 bits per heavy atom. The van der Waals surface area contributed by atoms with E-state index in [9.17, 15) is 0 Å². The number of imidazole rings is 1. The third-order valence-electron chi connectivity index (χ3n) is 5.03. The number of ether oxygens (including phenoxy) is 2. The van der Waals surface area contributed by atoms with Crippen LogP contribution in [0, 0.1) is 0 Å². The fourth-order valence-electron chi connectivity index (χ4n) is 3.55. The maximum Gasteiger partial charge on any atom is 0.145 e. The maximum absolute atomic E-state index is 5.34. The van der Waals surface area contributed by atoms with Crippen LogP contribution in [0.4, 0.5) is 0 Å². The van der Waals surface area contributed by atoms with Crippen molar-refractivity contribution in [2.75, 3.05) is 14.2 Å². The van der Waals surface area contributed by atoms with Gasteiger partial charge in [0.05, 0.1) is 25.6 Å². The lowest BCUT2D eigenvalue weighted by molar-refractivity contribution is 0.414. The molecule has 4 heteroatoms. The standard InChI is InChI=1S/C25H24N2O2/c1-4-23-24(18-8-6-5-7-9-18)26-25(19-10-14-21(28-2)15-11-19)27(23)20-12-16-22(29-3)17-13-20/h5-17H,4H2,1-3H3. The van der Waals surface area contributed by atoms with Crippen LogP contribution < -0.4 is 9.47 Å². The van der Waals surface area contributed by atoms with Gasteiger partial charge in [-0.1, -0.05) is 37.3 Å². The van der Waals surface area contributed by atoms with Crippen molar-refractivity contribution in [1.29, 1.82) is 0 Å². The molecular formula is C25H24N2O2. The average Bonchev–Trinajstić information content (AvgIpc) is 3.19. The Kier molecular flexibility index (Phi) is 5.34. The third-order valence-corrected chi connectivity index (χ3v) is 5.03. The minimum atomic E-state index is 0.829. The largest absolute Gasteiger partial charge is 0.497 e. The molecule has 1 aromatic heterocycles. The lowest BCUT2D eigenvalue weighted by Gasteiger charge is -2.13. The zero-order chi connectivity index (χ0) is 20.2. The van der Waals surface area contributed by atoms with Crippen LogP contribution in [0.3, 0.4) is 0 Å². The molecule has 146 valence electrons. The van der Waals surface area contributed by atoms with Gasteiger partial charge in [0.15, 0.2) is 0 Å². The van der Waals surface area contributed by atoms with Gasteiger partial charge in [-0.3, -0.25) is 4.57 Å². The molecule has 0 saturated heterocycles. The van der Waals surface area contributed by atoms with Gasteiger partial charge >= 0.3 is 0 Å². The van der Waals surface area contributed by atoms with Crippen LogP contribution in [0.15, 0.2) is 78.9 Å². The van der Waals surface area contributed by atoms with Gasteiger partial charge < -0.3 is 9.47 Å². The normalized spacial score (nSPS) is 10.7. The Bertz CT molecular complexity index is 1080. The van der Waals surface area contributed by atoms with Crippen molar-refractivity contribution in [2.24, 2.45) is 0 Å². The van der Waals surface area contributed by atoms with E-state index in [1.807, 2.05) is 42.5 Å². The summed E-state index contributed by atoms with van der Waals surface area (Å²) in [6, 6.07) is 26.5. The molecule has 4 aromatic rings. The first kappa shape index (κ1) is 18.8. The Morgan fingerprint density at radius 3 is 1.86 bits per heavy atom. The molecule has 0 aliphatic rings. The summed E-state index contributed by atoms with van der Waals surface area (Å²) in [6.07, 6.45) is 0.861. The molecule has 1 heterocycles. The highest BCUT2D eigenvalue weighted by Gasteiger charge is 2.19. The first-order chi connectivity index (χ1) is 14.2. The van der Waals surface area contributed by atoms with Gasteiger partial charge in [-0.05, 0) is 55.0 Å². The molecule has 0 atom stereocenters. The minimum absolute atomic E-state index is 0.829. The first-order valence-electron chi connectivity index (χ1n) is 9.71. The van der Waals surface area contributed by atoms with Crippen molar-refractivity contribution in [3.8, 4) is 39.8 Å². The smallest absolute Gasteiger partial charge is 0.145 e. The van der Waals surface area contributed by atoms with Gasteiger partial charge in [0, 0.05) is 16.8 Å². The van der Waals surface area contributed by atoms with Crippen LogP contribution in [-0.2, 0) is 6.42 Å². The molecule has 0 saturated carbocycles. The monoisotopic (exact) mass is 384 g/mol. The summed E-state index contributed by atoms with van der Waals surface area (Å²) in [5, 5.41) is 0. The molecule has 4 rings (SSSR count). The molecule has 0 amide bonds. The molecule has 4 nitrogen and oxygen atoms in total. The fraction of sp³-hybridized carbons (Fsp3) is 0.160. The summed E-state index contributed by atoms with van der Waals surface area (Å²) in [5.41, 5.74) is 5.40. The van der Waals surface area contributed by atoms with Crippen LogP contribution in [0.5, 0.6) is 11.5 Å². The summed E-state index contributed by atoms with van der Waals surface area (Å²) in [7, 11) is 3.36. The van der Waals surface area contributed by atoms with Gasteiger partial charge in [-0.15, -0.1) is 0 Å². The number of aromatic nitrogens is 2. The second-order valence-corrected chi connectivity index (χ2v) is 6.71. The summed E-state index contributed by atoms with van der Waals surface area (Å²) >= 11 is 0. The van der Waals surface area contributed by atoms with E-state index in [4.69, 9.17) is 14.5 Å². The van der Waals surface area contributed by atoms with E-state index < -0.39 is 0 Å². The number of nitrogens with zero attached hydrogens (tertiary/aromatic N) is 2. The van der Waals surface area contributed by atoms with Crippen molar-refractivity contribution in [3.05, 3.63) is 84.6 Å². The van der Waals surface area contributed by atoms with E-state index >= 15 is 0 Å². The molecule has 3 aromatic carbocycles. The van der Waals surface area contributed by atoms with Gasteiger partial charge in [-0.2, -0.15) is 0 Å². The summed E-state index contributed by atoms with van der Waals surface area (Å²) < 4.78 is 12.9. The molecule has 0 bridgehead atoms. The number of hydrogen-bond acceptors (Lipinski definition) is 3. The quantitative estimate of drug-likeness (QED) is 0.422. The summed E-state index contributed by atoms with van der Waals surface area (Å²) in [6.45, 7) is 2.17. The van der Waals surface area contributed by atoms with Crippen molar-refractivity contribution in [1.82, 2.24) is 9.55 Å². The fourth-order valence-corrected chi connectivity index (χ4v) is 3.55. The average molecular weight is 384 g/mol. The Hall–Kier alpha value is -3.53. The van der Waals surface area contributed by atoms with Gasteiger partial charge in [0.25, 0.3) is 0 Å². The predicted molar refractivity (Wildman–Crippen MR) is 117 cm³/mol. The van der Waals surface area contributed by atoms with Crippen molar-refractivity contribution in [3.63, 3.8) is 0 Å². The van der Waals surface area contributed by atoms with Gasteiger partial charge in [0.1, 0.15) is 17.3 Å². The molecular weight excluding hydrogens is 360 g/mol. The molecule has 0 fully saturated rings. The molecule has 0 N–H and O–H groups in total. The van der Waals surface area contributed by atoms with E-state index in [1.165, 1.54) is 5.69 Å².